The number of nitrogen functional groups attached to an aromatic ring is 1. The third-order valence-corrected chi connectivity index (χ3v) is 3.74. The molecule has 1 aromatic carbocycles. The Labute approximate surface area is 118 Å². The predicted molar refractivity (Wildman–Crippen MR) is 77.9 cm³/mol. The van der Waals surface area contributed by atoms with Gasteiger partial charge in [0.25, 0.3) is 5.91 Å². The average molecular weight is 288 g/mol. The van der Waals surface area contributed by atoms with Crippen LogP contribution in [0, 0.1) is 0 Å². The highest BCUT2D eigenvalue weighted by atomic mass is 32.1. The molecule has 2 aromatic heterocycles. The largest absolute Gasteiger partial charge is 0.451 e. The van der Waals surface area contributed by atoms with Crippen LogP contribution in [0.25, 0.3) is 11.0 Å². The van der Waals surface area contributed by atoms with E-state index >= 15 is 0 Å². The summed E-state index contributed by atoms with van der Waals surface area (Å²) in [5.41, 5.74) is 6.94. The number of carbonyl (C=O) groups excluding carboxylic acids is 1. The summed E-state index contributed by atoms with van der Waals surface area (Å²) in [5, 5.41) is 12.6. The molecule has 0 spiro atoms. The number of rotatable bonds is 3. The molecule has 0 bridgehead atoms. The second-order valence-corrected chi connectivity index (χ2v) is 5.28. The summed E-state index contributed by atoms with van der Waals surface area (Å²) in [6.45, 7) is 1.98. The van der Waals surface area contributed by atoms with Crippen LogP contribution in [-0.2, 0) is 6.42 Å². The minimum absolute atomic E-state index is 0.221. The highest BCUT2D eigenvalue weighted by molar-refractivity contribution is 7.15. The Kier molecular flexibility index (Phi) is 3.11. The summed E-state index contributed by atoms with van der Waals surface area (Å²) in [7, 11) is 0. The van der Waals surface area contributed by atoms with Gasteiger partial charge in [-0.1, -0.05) is 18.3 Å². The number of amides is 1. The molecular formula is C13H12N4O2S. The first-order chi connectivity index (χ1) is 9.65. The van der Waals surface area contributed by atoms with Crippen molar-refractivity contribution in [2.45, 2.75) is 13.3 Å². The number of nitrogens with zero attached hydrogens (tertiary/aromatic N) is 2. The van der Waals surface area contributed by atoms with E-state index in [0.29, 0.717) is 16.4 Å². The Hall–Kier alpha value is -2.41. The molecule has 0 unspecified atom stereocenters. The molecule has 7 heteroatoms. The van der Waals surface area contributed by atoms with Crippen LogP contribution < -0.4 is 11.1 Å². The van der Waals surface area contributed by atoms with Crippen molar-refractivity contribution in [3.8, 4) is 0 Å². The van der Waals surface area contributed by atoms with Crippen LogP contribution in [-0.4, -0.2) is 16.1 Å². The fourth-order valence-electron chi connectivity index (χ4n) is 1.78. The summed E-state index contributed by atoms with van der Waals surface area (Å²) in [5.74, 6) is -0.127. The minimum Gasteiger partial charge on any atom is -0.451 e. The first-order valence-electron chi connectivity index (χ1n) is 6.08. The van der Waals surface area contributed by atoms with Crippen molar-refractivity contribution < 1.29 is 9.21 Å². The monoisotopic (exact) mass is 288 g/mol. The van der Waals surface area contributed by atoms with Gasteiger partial charge in [-0.05, 0) is 30.7 Å². The van der Waals surface area contributed by atoms with Crippen LogP contribution in [0.2, 0.25) is 0 Å². The van der Waals surface area contributed by atoms with Gasteiger partial charge in [-0.3, -0.25) is 10.1 Å². The second kappa shape index (κ2) is 4.93. The third-order valence-electron chi connectivity index (χ3n) is 2.75. The van der Waals surface area contributed by atoms with Gasteiger partial charge in [-0.25, -0.2) is 0 Å². The minimum atomic E-state index is -0.349. The van der Waals surface area contributed by atoms with Crippen molar-refractivity contribution in [1.82, 2.24) is 10.2 Å². The Bertz CT molecular complexity index is 778. The molecule has 6 nitrogen and oxygen atoms in total. The Morgan fingerprint density at radius 2 is 2.25 bits per heavy atom. The lowest BCUT2D eigenvalue weighted by atomic mass is 10.2. The maximum absolute atomic E-state index is 12.1. The van der Waals surface area contributed by atoms with Crippen LogP contribution >= 0.6 is 11.3 Å². The number of aryl methyl sites for hydroxylation is 1. The SMILES string of the molecule is CCc1nnc(NC(=O)c2cc3cc(N)ccc3o2)s1. The van der Waals surface area contributed by atoms with Gasteiger partial charge in [-0.15, -0.1) is 10.2 Å². The molecule has 20 heavy (non-hydrogen) atoms. The van der Waals surface area contributed by atoms with E-state index in [0.717, 1.165) is 16.8 Å². The van der Waals surface area contributed by atoms with Crippen molar-refractivity contribution in [3.05, 3.63) is 35.0 Å². The fraction of sp³-hybridized carbons (Fsp3) is 0.154. The smallest absolute Gasteiger partial charge is 0.293 e. The zero-order valence-corrected chi connectivity index (χ0v) is 11.5. The molecule has 3 rings (SSSR count). The van der Waals surface area contributed by atoms with Gasteiger partial charge in [0, 0.05) is 11.1 Å². The van der Waals surface area contributed by atoms with Crippen molar-refractivity contribution in [1.29, 1.82) is 0 Å². The first kappa shape index (κ1) is 12.6. The molecule has 0 atom stereocenters. The molecule has 1 amide bonds. The number of nitrogens with two attached hydrogens (primary N) is 1. The lowest BCUT2D eigenvalue weighted by Crippen LogP contribution is -2.10. The fourth-order valence-corrected chi connectivity index (χ4v) is 2.45. The van der Waals surface area contributed by atoms with E-state index < -0.39 is 0 Å². The molecule has 0 saturated heterocycles. The van der Waals surface area contributed by atoms with Crippen LogP contribution in [0.4, 0.5) is 10.8 Å². The summed E-state index contributed by atoms with van der Waals surface area (Å²) in [6.07, 6.45) is 0.789. The molecule has 2 heterocycles. The van der Waals surface area contributed by atoms with Gasteiger partial charge < -0.3 is 10.2 Å². The molecule has 0 aliphatic heterocycles. The van der Waals surface area contributed by atoms with Gasteiger partial charge in [0.05, 0.1) is 0 Å². The van der Waals surface area contributed by atoms with Crippen molar-refractivity contribution >= 4 is 39.0 Å². The number of fused-ring (bicyclic) bond motifs is 1. The zero-order valence-electron chi connectivity index (χ0n) is 10.7. The van der Waals surface area contributed by atoms with E-state index in [1.54, 1.807) is 24.3 Å². The Morgan fingerprint density at radius 3 is 3.00 bits per heavy atom. The first-order valence-corrected chi connectivity index (χ1v) is 6.90. The van der Waals surface area contributed by atoms with E-state index in [2.05, 4.69) is 15.5 Å². The molecule has 0 aliphatic rings. The van der Waals surface area contributed by atoms with Gasteiger partial charge in [-0.2, -0.15) is 0 Å². The Morgan fingerprint density at radius 1 is 1.40 bits per heavy atom. The highest BCUT2D eigenvalue weighted by Gasteiger charge is 2.14. The summed E-state index contributed by atoms with van der Waals surface area (Å²) in [6, 6.07) is 6.88. The van der Waals surface area contributed by atoms with E-state index in [1.807, 2.05) is 6.92 Å². The van der Waals surface area contributed by atoms with Crippen LogP contribution in [0.1, 0.15) is 22.5 Å². The molecule has 0 fully saturated rings. The van der Waals surface area contributed by atoms with Crippen molar-refractivity contribution in [2.75, 3.05) is 11.1 Å². The molecule has 0 aliphatic carbocycles. The molecular weight excluding hydrogens is 276 g/mol. The molecule has 0 saturated carbocycles. The van der Waals surface area contributed by atoms with Crippen LogP contribution in [0.5, 0.6) is 0 Å². The topological polar surface area (TPSA) is 94.0 Å². The maximum Gasteiger partial charge on any atom is 0.293 e. The molecule has 3 aromatic rings. The molecule has 3 N–H and O–H groups in total. The number of furan rings is 1. The predicted octanol–water partition coefficient (Wildman–Crippen LogP) is 2.68. The van der Waals surface area contributed by atoms with Gasteiger partial charge in [0.1, 0.15) is 10.6 Å². The van der Waals surface area contributed by atoms with Crippen LogP contribution in [0.3, 0.4) is 0 Å². The molecule has 102 valence electrons. The van der Waals surface area contributed by atoms with Gasteiger partial charge in [0.2, 0.25) is 5.13 Å². The van der Waals surface area contributed by atoms with Crippen LogP contribution in [0.15, 0.2) is 28.7 Å². The van der Waals surface area contributed by atoms with Crippen molar-refractivity contribution in [3.63, 3.8) is 0 Å². The van der Waals surface area contributed by atoms with E-state index in [4.69, 9.17) is 10.2 Å². The number of anilines is 2. The zero-order chi connectivity index (χ0) is 14.1. The third kappa shape index (κ3) is 2.35. The highest BCUT2D eigenvalue weighted by Crippen LogP contribution is 2.23. The number of aromatic nitrogens is 2. The average Bonchev–Trinajstić information content (AvgIpc) is 3.04. The number of nitrogens with one attached hydrogen (secondary N) is 1. The van der Waals surface area contributed by atoms with Gasteiger partial charge in [0.15, 0.2) is 5.76 Å². The van der Waals surface area contributed by atoms with E-state index in [9.17, 15) is 4.79 Å². The number of benzene rings is 1. The second-order valence-electron chi connectivity index (χ2n) is 4.22. The number of hydrogen-bond acceptors (Lipinski definition) is 6. The standard InChI is InChI=1S/C13H12N4O2S/c1-2-11-16-17-13(20-11)15-12(18)10-6-7-5-8(14)3-4-9(7)19-10/h3-6H,2,14H2,1H3,(H,15,17,18). The normalized spacial score (nSPS) is 10.8. The van der Waals surface area contributed by atoms with E-state index in [1.165, 1.54) is 11.3 Å². The summed E-state index contributed by atoms with van der Waals surface area (Å²) in [4.78, 5) is 12.1. The number of hydrogen-bond donors (Lipinski definition) is 2. The summed E-state index contributed by atoms with van der Waals surface area (Å²) < 4.78 is 5.48. The van der Waals surface area contributed by atoms with Gasteiger partial charge >= 0.3 is 0 Å². The summed E-state index contributed by atoms with van der Waals surface area (Å²) >= 11 is 1.35. The van der Waals surface area contributed by atoms with Crippen molar-refractivity contribution in [2.24, 2.45) is 0 Å². The van der Waals surface area contributed by atoms with E-state index in [-0.39, 0.29) is 11.7 Å². The maximum atomic E-state index is 12.1. The lowest BCUT2D eigenvalue weighted by Gasteiger charge is -1.95. The Balaban J connectivity index is 1.84. The quantitative estimate of drug-likeness (QED) is 0.723. The molecule has 0 radical (unpaired) electrons. The lowest BCUT2D eigenvalue weighted by molar-refractivity contribution is 0.0998. The number of carbonyl (C=O) groups is 1.